The largest absolute Gasteiger partial charge is 0.372 e. The van der Waals surface area contributed by atoms with Crippen LogP contribution in [-0.4, -0.2) is 30.0 Å². The fraction of sp³-hybridized carbons (Fsp3) is 0.429. The van der Waals surface area contributed by atoms with Crippen molar-refractivity contribution in [3.63, 3.8) is 0 Å². The van der Waals surface area contributed by atoms with E-state index in [-0.39, 0.29) is 11.9 Å². The number of hydrogen-bond donors (Lipinski definition) is 1. The fourth-order valence-electron chi connectivity index (χ4n) is 3.42. The van der Waals surface area contributed by atoms with E-state index in [2.05, 4.69) is 15.2 Å². The molecular weight excluding hydrogens is 346 g/mol. The van der Waals surface area contributed by atoms with Crippen LogP contribution in [0.4, 0.5) is 5.69 Å². The van der Waals surface area contributed by atoms with Crippen molar-refractivity contribution in [3.8, 4) is 0 Å². The lowest BCUT2D eigenvalue weighted by atomic mass is 10.1. The van der Waals surface area contributed by atoms with Crippen molar-refractivity contribution in [1.29, 1.82) is 0 Å². The number of aryl methyl sites for hydroxylation is 1. The molecule has 0 saturated carbocycles. The number of carbonyl (C=O) groups excluding carboxylic acids is 1. The number of aromatic nitrogens is 1. The molecule has 1 N–H and O–H groups in total. The average Bonchev–Trinajstić information content (AvgIpc) is 2.62. The number of carbonyl (C=O) groups is 1. The second-order valence-corrected chi connectivity index (χ2v) is 7.47. The Kier molecular flexibility index (Phi) is 6.15. The maximum Gasteiger partial charge on any atom is 0.253 e. The molecule has 1 aromatic heterocycles. The van der Waals surface area contributed by atoms with Crippen molar-refractivity contribution < 1.29 is 4.79 Å². The van der Waals surface area contributed by atoms with Crippen LogP contribution < -0.4 is 10.2 Å². The van der Waals surface area contributed by atoms with Gasteiger partial charge < -0.3 is 10.2 Å². The SMILES string of the molecule is Cc1cccc(C[C@@H](C)NC(=O)c2cc(N3CCCCC3)ccc2Cl)n1. The van der Waals surface area contributed by atoms with Crippen molar-refractivity contribution in [2.45, 2.75) is 45.6 Å². The van der Waals surface area contributed by atoms with Crippen LogP contribution in [0.3, 0.4) is 0 Å². The highest BCUT2D eigenvalue weighted by Crippen LogP contribution is 2.25. The number of nitrogens with zero attached hydrogens (tertiary/aromatic N) is 2. The fourth-order valence-corrected chi connectivity index (χ4v) is 3.62. The van der Waals surface area contributed by atoms with E-state index in [0.717, 1.165) is 30.2 Å². The summed E-state index contributed by atoms with van der Waals surface area (Å²) in [5.41, 5.74) is 3.58. The zero-order valence-corrected chi connectivity index (χ0v) is 16.2. The van der Waals surface area contributed by atoms with Crippen LogP contribution in [0.25, 0.3) is 0 Å². The highest BCUT2D eigenvalue weighted by atomic mass is 35.5. The normalized spacial score (nSPS) is 15.6. The summed E-state index contributed by atoms with van der Waals surface area (Å²) in [5.74, 6) is -0.131. The summed E-state index contributed by atoms with van der Waals surface area (Å²) < 4.78 is 0. The Labute approximate surface area is 160 Å². The molecule has 0 bridgehead atoms. The molecule has 2 aromatic rings. The number of hydrogen-bond acceptors (Lipinski definition) is 3. The Hall–Kier alpha value is -2.07. The van der Waals surface area contributed by atoms with Crippen LogP contribution in [-0.2, 0) is 6.42 Å². The number of piperidine rings is 1. The first kappa shape index (κ1) is 18.7. The van der Waals surface area contributed by atoms with E-state index in [9.17, 15) is 4.79 Å². The lowest BCUT2D eigenvalue weighted by Crippen LogP contribution is -2.35. The van der Waals surface area contributed by atoms with Gasteiger partial charge in [-0.25, -0.2) is 0 Å². The van der Waals surface area contributed by atoms with Crippen molar-refractivity contribution in [1.82, 2.24) is 10.3 Å². The van der Waals surface area contributed by atoms with Gasteiger partial charge in [-0.2, -0.15) is 0 Å². The van der Waals surface area contributed by atoms with Crippen LogP contribution in [0, 0.1) is 6.92 Å². The highest BCUT2D eigenvalue weighted by molar-refractivity contribution is 6.34. The molecule has 0 spiro atoms. The van der Waals surface area contributed by atoms with Crippen LogP contribution in [0.5, 0.6) is 0 Å². The molecule has 1 aliphatic rings. The summed E-state index contributed by atoms with van der Waals surface area (Å²) in [6, 6.07) is 11.7. The Morgan fingerprint density at radius 3 is 2.73 bits per heavy atom. The average molecular weight is 372 g/mol. The van der Waals surface area contributed by atoms with E-state index in [1.165, 1.54) is 19.3 Å². The maximum atomic E-state index is 12.7. The number of halogens is 1. The van der Waals surface area contributed by atoms with Gasteiger partial charge in [-0.3, -0.25) is 9.78 Å². The van der Waals surface area contributed by atoms with E-state index in [0.29, 0.717) is 17.0 Å². The maximum absolute atomic E-state index is 12.7. The lowest BCUT2D eigenvalue weighted by molar-refractivity contribution is 0.0940. The Bertz CT molecular complexity index is 772. The molecule has 3 rings (SSSR count). The first-order chi connectivity index (χ1) is 12.5. The number of benzene rings is 1. The summed E-state index contributed by atoms with van der Waals surface area (Å²) >= 11 is 6.30. The third-order valence-corrected chi connectivity index (χ3v) is 5.08. The Morgan fingerprint density at radius 1 is 1.23 bits per heavy atom. The molecule has 138 valence electrons. The van der Waals surface area contributed by atoms with E-state index in [1.807, 2.05) is 50.2 Å². The highest BCUT2D eigenvalue weighted by Gasteiger charge is 2.17. The van der Waals surface area contributed by atoms with Crippen molar-refractivity contribution in [2.24, 2.45) is 0 Å². The van der Waals surface area contributed by atoms with Gasteiger partial charge in [0.25, 0.3) is 5.91 Å². The monoisotopic (exact) mass is 371 g/mol. The number of amides is 1. The van der Waals surface area contributed by atoms with Gasteiger partial charge in [-0.1, -0.05) is 17.7 Å². The van der Waals surface area contributed by atoms with Gasteiger partial charge in [0, 0.05) is 42.6 Å². The second-order valence-electron chi connectivity index (χ2n) is 7.06. The first-order valence-electron chi connectivity index (χ1n) is 9.31. The predicted molar refractivity (Wildman–Crippen MR) is 107 cm³/mol. The molecule has 26 heavy (non-hydrogen) atoms. The summed E-state index contributed by atoms with van der Waals surface area (Å²) in [7, 11) is 0. The van der Waals surface area contributed by atoms with Gasteiger partial charge in [0.2, 0.25) is 0 Å². The van der Waals surface area contributed by atoms with Crippen LogP contribution in [0.15, 0.2) is 36.4 Å². The number of anilines is 1. The molecule has 1 aromatic carbocycles. The minimum absolute atomic E-state index is 0.0218. The third kappa shape index (κ3) is 4.76. The van der Waals surface area contributed by atoms with Crippen LogP contribution in [0.1, 0.15) is 47.9 Å². The summed E-state index contributed by atoms with van der Waals surface area (Å²) in [6.45, 7) is 6.04. The zero-order valence-electron chi connectivity index (χ0n) is 15.5. The van der Waals surface area contributed by atoms with Gasteiger partial charge in [-0.05, 0) is 63.4 Å². The standard InChI is InChI=1S/C21H26ClN3O/c1-15-7-6-8-17(23-15)13-16(2)24-21(26)19-14-18(9-10-20(19)22)25-11-4-3-5-12-25/h6-10,14,16H,3-5,11-13H2,1-2H3,(H,24,26)/t16-/m1/s1. The molecule has 2 heterocycles. The van der Waals surface area contributed by atoms with E-state index in [1.54, 1.807) is 0 Å². The molecule has 1 atom stereocenters. The molecule has 1 aliphatic heterocycles. The number of rotatable bonds is 5. The Balaban J connectivity index is 1.68. The molecule has 0 radical (unpaired) electrons. The van der Waals surface area contributed by atoms with Gasteiger partial charge in [-0.15, -0.1) is 0 Å². The smallest absolute Gasteiger partial charge is 0.253 e. The zero-order chi connectivity index (χ0) is 18.5. The quantitative estimate of drug-likeness (QED) is 0.847. The van der Waals surface area contributed by atoms with Gasteiger partial charge in [0.05, 0.1) is 10.6 Å². The summed E-state index contributed by atoms with van der Waals surface area (Å²) in [6.07, 6.45) is 4.37. The molecule has 1 saturated heterocycles. The first-order valence-corrected chi connectivity index (χ1v) is 9.68. The van der Waals surface area contributed by atoms with Crippen LogP contribution >= 0.6 is 11.6 Å². The summed E-state index contributed by atoms with van der Waals surface area (Å²) in [4.78, 5) is 19.6. The molecule has 0 unspecified atom stereocenters. The van der Waals surface area contributed by atoms with E-state index in [4.69, 9.17) is 11.6 Å². The van der Waals surface area contributed by atoms with Gasteiger partial charge >= 0.3 is 0 Å². The minimum Gasteiger partial charge on any atom is -0.372 e. The van der Waals surface area contributed by atoms with Gasteiger partial charge in [0.15, 0.2) is 0 Å². The van der Waals surface area contributed by atoms with E-state index >= 15 is 0 Å². The number of nitrogens with one attached hydrogen (secondary N) is 1. The topological polar surface area (TPSA) is 45.2 Å². The van der Waals surface area contributed by atoms with Crippen molar-refractivity contribution in [3.05, 3.63) is 58.4 Å². The Morgan fingerprint density at radius 2 is 2.00 bits per heavy atom. The molecule has 5 heteroatoms. The minimum atomic E-state index is -0.131. The number of pyridine rings is 1. The van der Waals surface area contributed by atoms with Gasteiger partial charge in [0.1, 0.15) is 0 Å². The van der Waals surface area contributed by atoms with Crippen molar-refractivity contribution in [2.75, 3.05) is 18.0 Å². The van der Waals surface area contributed by atoms with E-state index < -0.39 is 0 Å². The van der Waals surface area contributed by atoms with Crippen LogP contribution in [0.2, 0.25) is 5.02 Å². The lowest BCUT2D eigenvalue weighted by Gasteiger charge is -2.29. The third-order valence-electron chi connectivity index (χ3n) is 4.75. The predicted octanol–water partition coefficient (Wildman–Crippen LogP) is 4.39. The molecular formula is C21H26ClN3O. The molecule has 1 fully saturated rings. The molecule has 0 aliphatic carbocycles. The molecule has 4 nitrogen and oxygen atoms in total. The molecule has 1 amide bonds. The van der Waals surface area contributed by atoms with Crippen molar-refractivity contribution >= 4 is 23.2 Å². The second kappa shape index (κ2) is 8.54. The summed E-state index contributed by atoms with van der Waals surface area (Å²) in [5, 5.41) is 3.54.